The van der Waals surface area contributed by atoms with Gasteiger partial charge in [0.1, 0.15) is 5.76 Å². The molecular weight excluding hydrogens is 230 g/mol. The summed E-state index contributed by atoms with van der Waals surface area (Å²) in [7, 11) is 0. The normalized spacial score (nSPS) is 10.7. The van der Waals surface area contributed by atoms with Crippen LogP contribution in [-0.2, 0) is 6.54 Å². The predicted octanol–water partition coefficient (Wildman–Crippen LogP) is 1.68. The van der Waals surface area contributed by atoms with E-state index in [1.54, 1.807) is 12.4 Å². The number of hydrogen-bond acceptors (Lipinski definition) is 5. The van der Waals surface area contributed by atoms with Crippen molar-refractivity contribution < 1.29 is 4.42 Å². The van der Waals surface area contributed by atoms with Gasteiger partial charge in [0.15, 0.2) is 5.76 Å². The molecule has 0 atom stereocenters. The topological polar surface area (TPSA) is 69.6 Å². The zero-order valence-corrected chi connectivity index (χ0v) is 9.82. The molecule has 0 amide bonds. The third-order valence-corrected chi connectivity index (χ3v) is 2.46. The number of nitrogens with zero attached hydrogens (tertiary/aromatic N) is 5. The molecule has 6 heteroatoms. The van der Waals surface area contributed by atoms with Gasteiger partial charge in [-0.25, -0.2) is 0 Å². The molecule has 0 aliphatic rings. The summed E-state index contributed by atoms with van der Waals surface area (Å²) in [5.41, 5.74) is 1.03. The van der Waals surface area contributed by atoms with Crippen LogP contribution in [0.15, 0.2) is 41.1 Å². The molecule has 3 heterocycles. The average molecular weight is 241 g/mol. The summed E-state index contributed by atoms with van der Waals surface area (Å²) in [6, 6.07) is 7.55. The largest absolute Gasteiger partial charge is 0.458 e. The van der Waals surface area contributed by atoms with E-state index >= 15 is 0 Å². The molecule has 6 nitrogen and oxygen atoms in total. The van der Waals surface area contributed by atoms with Crippen molar-refractivity contribution in [3.05, 3.63) is 48.0 Å². The van der Waals surface area contributed by atoms with Crippen LogP contribution in [0, 0.1) is 6.92 Å². The Bertz CT molecular complexity index is 643. The highest BCUT2D eigenvalue weighted by atomic mass is 16.3. The van der Waals surface area contributed by atoms with E-state index in [2.05, 4.69) is 20.4 Å². The number of aromatic nitrogens is 5. The monoisotopic (exact) mass is 241 g/mol. The van der Waals surface area contributed by atoms with Gasteiger partial charge in [-0.2, -0.15) is 4.80 Å². The molecule has 0 radical (unpaired) electrons. The van der Waals surface area contributed by atoms with E-state index in [1.807, 2.05) is 31.2 Å². The Hall–Kier alpha value is -2.50. The molecule has 0 saturated carbocycles. The Morgan fingerprint density at radius 2 is 2.22 bits per heavy atom. The second-order valence-corrected chi connectivity index (χ2v) is 3.92. The van der Waals surface area contributed by atoms with E-state index in [0.29, 0.717) is 18.1 Å². The van der Waals surface area contributed by atoms with Gasteiger partial charge < -0.3 is 4.42 Å². The minimum absolute atomic E-state index is 0.493. The molecule has 0 fully saturated rings. The van der Waals surface area contributed by atoms with Crippen LogP contribution in [0.3, 0.4) is 0 Å². The van der Waals surface area contributed by atoms with Gasteiger partial charge in [0.25, 0.3) is 0 Å². The molecular formula is C12H11N5O. The Morgan fingerprint density at radius 3 is 2.94 bits per heavy atom. The molecule has 0 aliphatic heterocycles. The molecule has 3 rings (SSSR count). The van der Waals surface area contributed by atoms with Crippen LogP contribution in [0.2, 0.25) is 0 Å². The van der Waals surface area contributed by atoms with Crippen molar-refractivity contribution in [1.29, 1.82) is 0 Å². The highest BCUT2D eigenvalue weighted by Gasteiger charge is 2.09. The standard InChI is InChI=1S/C12H11N5O/c1-9-4-5-11(18-9)12-14-16-17(15-12)8-10-3-2-6-13-7-10/h2-7H,8H2,1H3. The molecule has 0 bridgehead atoms. The van der Waals surface area contributed by atoms with E-state index in [9.17, 15) is 0 Å². The number of rotatable bonds is 3. The molecule has 0 saturated heterocycles. The molecule has 3 aromatic heterocycles. The summed E-state index contributed by atoms with van der Waals surface area (Å²) in [5.74, 6) is 1.95. The first-order valence-electron chi connectivity index (χ1n) is 5.55. The third kappa shape index (κ3) is 2.13. The van der Waals surface area contributed by atoms with Gasteiger partial charge >= 0.3 is 0 Å². The van der Waals surface area contributed by atoms with Crippen molar-refractivity contribution >= 4 is 0 Å². The quantitative estimate of drug-likeness (QED) is 0.697. The maximum absolute atomic E-state index is 5.44. The second-order valence-electron chi connectivity index (χ2n) is 3.92. The maximum Gasteiger partial charge on any atom is 0.240 e. The van der Waals surface area contributed by atoms with Crippen molar-refractivity contribution in [2.75, 3.05) is 0 Å². The number of aryl methyl sites for hydroxylation is 1. The fraction of sp³-hybridized carbons (Fsp3) is 0.167. The molecule has 90 valence electrons. The van der Waals surface area contributed by atoms with Crippen molar-refractivity contribution in [3.8, 4) is 11.6 Å². The summed E-state index contributed by atoms with van der Waals surface area (Å²) >= 11 is 0. The fourth-order valence-corrected chi connectivity index (χ4v) is 1.62. The summed E-state index contributed by atoms with van der Waals surface area (Å²) in [4.78, 5) is 5.56. The molecule has 0 spiro atoms. The van der Waals surface area contributed by atoms with Crippen molar-refractivity contribution in [1.82, 2.24) is 25.2 Å². The smallest absolute Gasteiger partial charge is 0.240 e. The summed E-state index contributed by atoms with van der Waals surface area (Å²) in [6.07, 6.45) is 3.51. The lowest BCUT2D eigenvalue weighted by atomic mass is 10.3. The number of furan rings is 1. The van der Waals surface area contributed by atoms with Crippen LogP contribution in [0.5, 0.6) is 0 Å². The minimum Gasteiger partial charge on any atom is -0.458 e. The number of pyridine rings is 1. The number of tetrazole rings is 1. The first kappa shape index (κ1) is 10.6. The third-order valence-electron chi connectivity index (χ3n) is 2.46. The molecule has 3 aromatic rings. The van der Waals surface area contributed by atoms with Crippen molar-refractivity contribution in [2.24, 2.45) is 0 Å². The average Bonchev–Trinajstić information content (AvgIpc) is 2.99. The van der Waals surface area contributed by atoms with E-state index in [1.165, 1.54) is 4.80 Å². The van der Waals surface area contributed by atoms with Gasteiger partial charge in [0.2, 0.25) is 5.82 Å². The van der Waals surface area contributed by atoms with Crippen LogP contribution >= 0.6 is 0 Å². The van der Waals surface area contributed by atoms with E-state index in [-0.39, 0.29) is 0 Å². The van der Waals surface area contributed by atoms with E-state index < -0.39 is 0 Å². The summed E-state index contributed by atoms with van der Waals surface area (Å²) in [5, 5.41) is 12.2. The summed E-state index contributed by atoms with van der Waals surface area (Å²) < 4.78 is 5.44. The van der Waals surface area contributed by atoms with Crippen LogP contribution < -0.4 is 0 Å². The highest BCUT2D eigenvalue weighted by Crippen LogP contribution is 2.16. The molecule has 18 heavy (non-hydrogen) atoms. The van der Waals surface area contributed by atoms with Crippen molar-refractivity contribution in [2.45, 2.75) is 13.5 Å². The molecule has 0 N–H and O–H groups in total. The molecule has 0 aliphatic carbocycles. The summed E-state index contributed by atoms with van der Waals surface area (Å²) in [6.45, 7) is 2.42. The zero-order chi connectivity index (χ0) is 12.4. The van der Waals surface area contributed by atoms with E-state index in [4.69, 9.17) is 4.42 Å². The van der Waals surface area contributed by atoms with E-state index in [0.717, 1.165) is 11.3 Å². The predicted molar refractivity (Wildman–Crippen MR) is 63.6 cm³/mol. The van der Waals surface area contributed by atoms with Gasteiger partial charge in [0.05, 0.1) is 6.54 Å². The lowest BCUT2D eigenvalue weighted by Gasteiger charge is -1.96. The maximum atomic E-state index is 5.44. The van der Waals surface area contributed by atoms with Gasteiger partial charge in [-0.3, -0.25) is 4.98 Å². The Morgan fingerprint density at radius 1 is 1.28 bits per heavy atom. The highest BCUT2D eigenvalue weighted by molar-refractivity contribution is 5.45. The van der Waals surface area contributed by atoms with Crippen LogP contribution in [0.25, 0.3) is 11.6 Å². The first-order chi connectivity index (χ1) is 8.81. The number of hydrogen-bond donors (Lipinski definition) is 0. The lowest BCUT2D eigenvalue weighted by molar-refractivity contribution is 0.541. The van der Waals surface area contributed by atoms with Crippen LogP contribution in [0.4, 0.5) is 0 Å². The van der Waals surface area contributed by atoms with Crippen LogP contribution in [-0.4, -0.2) is 25.2 Å². The van der Waals surface area contributed by atoms with Gasteiger partial charge in [-0.1, -0.05) is 6.07 Å². The molecule has 0 unspecified atom stereocenters. The van der Waals surface area contributed by atoms with Gasteiger partial charge in [0, 0.05) is 12.4 Å². The SMILES string of the molecule is Cc1ccc(-c2nnn(Cc3cccnc3)n2)o1. The second kappa shape index (κ2) is 4.40. The Kier molecular flexibility index (Phi) is 2.60. The van der Waals surface area contributed by atoms with Gasteiger partial charge in [-0.15, -0.1) is 10.2 Å². The first-order valence-corrected chi connectivity index (χ1v) is 5.55. The lowest BCUT2D eigenvalue weighted by Crippen LogP contribution is -2.04. The zero-order valence-electron chi connectivity index (χ0n) is 9.82. The molecule has 0 aromatic carbocycles. The fourth-order valence-electron chi connectivity index (χ4n) is 1.62. The Balaban J connectivity index is 1.82. The Labute approximate surface area is 103 Å². The van der Waals surface area contributed by atoms with Gasteiger partial charge in [-0.05, 0) is 35.9 Å². The minimum atomic E-state index is 0.493. The van der Waals surface area contributed by atoms with Crippen molar-refractivity contribution in [3.63, 3.8) is 0 Å². The van der Waals surface area contributed by atoms with Crippen LogP contribution in [0.1, 0.15) is 11.3 Å².